The molecule has 0 saturated heterocycles. The molecule has 0 atom stereocenters. The molecule has 0 aliphatic carbocycles. The summed E-state index contributed by atoms with van der Waals surface area (Å²) >= 11 is 0. The first-order valence-electron chi connectivity index (χ1n) is 7.59. The molecule has 0 aliphatic rings. The van der Waals surface area contributed by atoms with Crippen LogP contribution in [0.4, 0.5) is 5.69 Å². The molecule has 0 heterocycles. The first-order chi connectivity index (χ1) is 10.2. The van der Waals surface area contributed by atoms with Crippen LogP contribution in [0.25, 0.3) is 0 Å². The number of hydrogen-bond donors (Lipinski definition) is 2. The average Bonchev–Trinajstić information content (AvgIpc) is 2.51. The van der Waals surface area contributed by atoms with Crippen LogP contribution >= 0.6 is 0 Å². The summed E-state index contributed by atoms with van der Waals surface area (Å²) in [6.07, 6.45) is 4.64. The summed E-state index contributed by atoms with van der Waals surface area (Å²) in [5.74, 6) is 0.443. The van der Waals surface area contributed by atoms with Crippen LogP contribution in [0.5, 0.6) is 0 Å². The zero-order chi connectivity index (χ0) is 15.5. The Labute approximate surface area is 128 Å². The highest BCUT2D eigenvalue weighted by atomic mass is 16.5. The van der Waals surface area contributed by atoms with E-state index in [1.807, 2.05) is 6.08 Å². The lowest BCUT2D eigenvalue weighted by molar-refractivity contribution is 0.146. The number of nitrogens with one attached hydrogen (secondary N) is 1. The fourth-order valence-electron chi connectivity index (χ4n) is 2.07. The summed E-state index contributed by atoms with van der Waals surface area (Å²) in [4.78, 5) is 4.30. The van der Waals surface area contributed by atoms with Crippen molar-refractivity contribution in [3.63, 3.8) is 0 Å². The van der Waals surface area contributed by atoms with Crippen molar-refractivity contribution in [3.8, 4) is 0 Å². The standard InChI is InChI=1S/C17H27N3O/c1-4-7-12-21-13-11-19-17(18)20-16-14(5-2)9-8-10-15(16)6-3/h4,8-10H,1,5-7,11-13H2,2-3H3,(H3,18,19,20). The summed E-state index contributed by atoms with van der Waals surface area (Å²) < 4.78 is 5.40. The molecule has 0 spiro atoms. The SMILES string of the molecule is C=CCCOCCN=C(N)Nc1c(CC)cccc1CC. The molecule has 0 aromatic heterocycles. The number of hydrogen-bond acceptors (Lipinski definition) is 2. The van der Waals surface area contributed by atoms with Crippen LogP contribution in [0, 0.1) is 0 Å². The predicted molar refractivity (Wildman–Crippen MR) is 90.9 cm³/mol. The Kier molecular flexibility index (Phi) is 8.21. The number of nitrogens with two attached hydrogens (primary N) is 1. The second-order valence-electron chi connectivity index (χ2n) is 4.74. The molecule has 0 unspecified atom stereocenters. The van der Waals surface area contributed by atoms with Gasteiger partial charge >= 0.3 is 0 Å². The fourth-order valence-corrected chi connectivity index (χ4v) is 2.07. The maximum absolute atomic E-state index is 5.96. The van der Waals surface area contributed by atoms with Gasteiger partial charge in [-0.2, -0.15) is 0 Å². The van der Waals surface area contributed by atoms with E-state index in [9.17, 15) is 0 Å². The number of para-hydroxylation sites is 1. The maximum atomic E-state index is 5.96. The van der Waals surface area contributed by atoms with Crippen molar-refractivity contribution in [2.24, 2.45) is 10.7 Å². The van der Waals surface area contributed by atoms with E-state index < -0.39 is 0 Å². The third-order valence-electron chi connectivity index (χ3n) is 3.24. The van der Waals surface area contributed by atoms with Gasteiger partial charge in [0.05, 0.1) is 19.8 Å². The van der Waals surface area contributed by atoms with Crippen LogP contribution < -0.4 is 11.1 Å². The quantitative estimate of drug-likeness (QED) is 0.318. The van der Waals surface area contributed by atoms with Gasteiger partial charge in [-0.15, -0.1) is 6.58 Å². The van der Waals surface area contributed by atoms with Crippen LogP contribution in [-0.2, 0) is 17.6 Å². The molecule has 4 heteroatoms. The lowest BCUT2D eigenvalue weighted by Crippen LogP contribution is -2.25. The highest BCUT2D eigenvalue weighted by Crippen LogP contribution is 2.22. The molecule has 21 heavy (non-hydrogen) atoms. The number of ether oxygens (including phenoxy) is 1. The van der Waals surface area contributed by atoms with Crippen LogP contribution in [0.15, 0.2) is 35.8 Å². The number of benzene rings is 1. The fraction of sp³-hybridized carbons (Fsp3) is 0.471. The monoisotopic (exact) mass is 289 g/mol. The number of rotatable bonds is 9. The van der Waals surface area contributed by atoms with Gasteiger partial charge in [-0.1, -0.05) is 38.1 Å². The van der Waals surface area contributed by atoms with Crippen molar-refractivity contribution < 1.29 is 4.74 Å². The van der Waals surface area contributed by atoms with Crippen LogP contribution in [0.1, 0.15) is 31.4 Å². The van der Waals surface area contributed by atoms with Crippen molar-refractivity contribution in [2.45, 2.75) is 33.1 Å². The number of aryl methyl sites for hydroxylation is 2. The molecule has 0 radical (unpaired) electrons. The van der Waals surface area contributed by atoms with E-state index in [-0.39, 0.29) is 0 Å². The third kappa shape index (κ3) is 6.00. The van der Waals surface area contributed by atoms with E-state index in [4.69, 9.17) is 10.5 Å². The van der Waals surface area contributed by atoms with E-state index in [1.54, 1.807) is 0 Å². The van der Waals surface area contributed by atoms with Gasteiger partial charge in [0.25, 0.3) is 0 Å². The number of nitrogens with zero attached hydrogens (tertiary/aromatic N) is 1. The van der Waals surface area contributed by atoms with Gasteiger partial charge in [0.15, 0.2) is 5.96 Å². The van der Waals surface area contributed by atoms with Gasteiger partial charge in [0.2, 0.25) is 0 Å². The molecule has 0 amide bonds. The normalized spacial score (nSPS) is 11.4. The lowest BCUT2D eigenvalue weighted by atomic mass is 10.0. The molecular formula is C17H27N3O. The zero-order valence-corrected chi connectivity index (χ0v) is 13.2. The van der Waals surface area contributed by atoms with Crippen molar-refractivity contribution in [1.82, 2.24) is 0 Å². The van der Waals surface area contributed by atoms with Crippen LogP contribution in [0.2, 0.25) is 0 Å². The molecular weight excluding hydrogens is 262 g/mol. The smallest absolute Gasteiger partial charge is 0.193 e. The molecule has 0 bridgehead atoms. The van der Waals surface area contributed by atoms with Gasteiger partial charge in [0, 0.05) is 5.69 Å². The second kappa shape index (κ2) is 10.00. The average molecular weight is 289 g/mol. The second-order valence-corrected chi connectivity index (χ2v) is 4.74. The van der Waals surface area contributed by atoms with Crippen molar-refractivity contribution >= 4 is 11.6 Å². The van der Waals surface area contributed by atoms with E-state index in [2.05, 4.69) is 48.9 Å². The Balaban J connectivity index is 2.57. The van der Waals surface area contributed by atoms with Gasteiger partial charge < -0.3 is 15.8 Å². The Morgan fingerprint density at radius 1 is 1.29 bits per heavy atom. The van der Waals surface area contributed by atoms with Crippen molar-refractivity contribution in [2.75, 3.05) is 25.1 Å². The Hall–Kier alpha value is -1.81. The van der Waals surface area contributed by atoms with E-state index >= 15 is 0 Å². The highest BCUT2D eigenvalue weighted by molar-refractivity contribution is 5.93. The molecule has 1 aromatic rings. The largest absolute Gasteiger partial charge is 0.379 e. The molecule has 0 fully saturated rings. The summed E-state index contributed by atoms with van der Waals surface area (Å²) in [5.41, 5.74) is 9.57. The Bertz CT molecular complexity index is 447. The lowest BCUT2D eigenvalue weighted by Gasteiger charge is -2.14. The number of anilines is 1. The van der Waals surface area contributed by atoms with Crippen LogP contribution in [0.3, 0.4) is 0 Å². The van der Waals surface area contributed by atoms with E-state index in [0.717, 1.165) is 24.9 Å². The molecule has 116 valence electrons. The molecule has 0 aliphatic heterocycles. The first-order valence-corrected chi connectivity index (χ1v) is 7.59. The van der Waals surface area contributed by atoms with Crippen molar-refractivity contribution in [3.05, 3.63) is 42.0 Å². The number of aliphatic imine (C=N–C) groups is 1. The minimum absolute atomic E-state index is 0.443. The van der Waals surface area contributed by atoms with Crippen LogP contribution in [-0.4, -0.2) is 25.7 Å². The Morgan fingerprint density at radius 3 is 2.52 bits per heavy atom. The molecule has 3 N–H and O–H groups in total. The van der Waals surface area contributed by atoms with E-state index in [0.29, 0.717) is 25.7 Å². The number of guanidine groups is 1. The maximum Gasteiger partial charge on any atom is 0.193 e. The summed E-state index contributed by atoms with van der Waals surface area (Å²) in [6.45, 7) is 9.75. The summed E-state index contributed by atoms with van der Waals surface area (Å²) in [5, 5.41) is 3.24. The summed E-state index contributed by atoms with van der Waals surface area (Å²) in [7, 11) is 0. The van der Waals surface area contributed by atoms with E-state index in [1.165, 1.54) is 11.1 Å². The Morgan fingerprint density at radius 2 is 1.95 bits per heavy atom. The molecule has 0 saturated carbocycles. The predicted octanol–water partition coefficient (Wildman–Crippen LogP) is 3.13. The van der Waals surface area contributed by atoms with Crippen molar-refractivity contribution in [1.29, 1.82) is 0 Å². The van der Waals surface area contributed by atoms with Gasteiger partial charge in [0.1, 0.15) is 0 Å². The van der Waals surface area contributed by atoms with Gasteiger partial charge in [-0.05, 0) is 30.4 Å². The third-order valence-corrected chi connectivity index (χ3v) is 3.24. The van der Waals surface area contributed by atoms with Gasteiger partial charge in [-0.25, -0.2) is 0 Å². The minimum Gasteiger partial charge on any atom is -0.379 e. The van der Waals surface area contributed by atoms with Gasteiger partial charge in [-0.3, -0.25) is 4.99 Å². The molecule has 1 aromatic carbocycles. The highest BCUT2D eigenvalue weighted by Gasteiger charge is 2.06. The molecule has 1 rings (SSSR count). The zero-order valence-electron chi connectivity index (χ0n) is 13.2. The molecule has 4 nitrogen and oxygen atoms in total. The minimum atomic E-state index is 0.443. The first kappa shape index (κ1) is 17.2. The summed E-state index contributed by atoms with van der Waals surface area (Å²) in [6, 6.07) is 6.32. The topological polar surface area (TPSA) is 59.6 Å².